The first kappa shape index (κ1) is 22.9. The molecule has 0 bridgehead atoms. The van der Waals surface area contributed by atoms with Crippen molar-refractivity contribution in [2.75, 3.05) is 14.1 Å². The first-order valence-electron chi connectivity index (χ1n) is 10.4. The van der Waals surface area contributed by atoms with Gasteiger partial charge in [0.2, 0.25) is 0 Å². The number of nitrogens with one attached hydrogen (secondary N) is 1. The summed E-state index contributed by atoms with van der Waals surface area (Å²) in [5, 5.41) is 4.89. The summed E-state index contributed by atoms with van der Waals surface area (Å²) in [6.45, 7) is 4.53. The molecule has 4 aromatic rings. The van der Waals surface area contributed by atoms with Gasteiger partial charge < -0.3 is 10.2 Å². The van der Waals surface area contributed by atoms with Gasteiger partial charge in [0.1, 0.15) is 16.2 Å². The molecule has 0 fully saturated rings. The van der Waals surface area contributed by atoms with Gasteiger partial charge >= 0.3 is 0 Å². The minimum Gasteiger partial charge on any atom is -0.348 e. The van der Waals surface area contributed by atoms with E-state index in [1.807, 2.05) is 36.4 Å². The number of nitrogens with zero attached hydrogens (tertiary/aromatic N) is 3. The molecule has 4 rings (SSSR count). The second-order valence-electron chi connectivity index (χ2n) is 7.82. The molecule has 0 aliphatic carbocycles. The number of aryl methyl sites for hydroxylation is 2. The Balaban J connectivity index is 1.51. The summed E-state index contributed by atoms with van der Waals surface area (Å²) in [4.78, 5) is 38.5. The summed E-state index contributed by atoms with van der Waals surface area (Å²) in [5.74, 6) is -0.207. The number of thiophene rings is 1. The van der Waals surface area contributed by atoms with Gasteiger partial charge in [0.15, 0.2) is 0 Å². The average Bonchev–Trinajstić information content (AvgIpc) is 3.12. The lowest BCUT2D eigenvalue weighted by molar-refractivity contribution is 0.0827. The van der Waals surface area contributed by atoms with Crippen molar-refractivity contribution in [3.05, 3.63) is 82.0 Å². The molecular weight excluding hydrogens is 452 g/mol. The topological polar surface area (TPSA) is 75.2 Å². The highest BCUT2D eigenvalue weighted by Gasteiger charge is 2.17. The molecule has 33 heavy (non-hydrogen) atoms. The Bertz CT molecular complexity index is 1330. The van der Waals surface area contributed by atoms with Gasteiger partial charge in [-0.3, -0.25) is 9.59 Å². The van der Waals surface area contributed by atoms with Crippen molar-refractivity contribution in [3.8, 4) is 0 Å². The van der Waals surface area contributed by atoms with Gasteiger partial charge in [-0.25, -0.2) is 9.97 Å². The Morgan fingerprint density at radius 2 is 1.76 bits per heavy atom. The van der Waals surface area contributed by atoms with Crippen LogP contribution < -0.4 is 5.32 Å². The van der Waals surface area contributed by atoms with Crippen LogP contribution in [0.1, 0.15) is 36.7 Å². The van der Waals surface area contributed by atoms with E-state index in [0.29, 0.717) is 17.7 Å². The van der Waals surface area contributed by atoms with Crippen LogP contribution in [0.3, 0.4) is 0 Å². The number of carbonyl (C=O) groups excluding carboxylic acids is 2. The van der Waals surface area contributed by atoms with Crippen molar-refractivity contribution in [1.82, 2.24) is 20.2 Å². The number of aromatic nitrogens is 2. The summed E-state index contributed by atoms with van der Waals surface area (Å²) < 4.78 is 0. The van der Waals surface area contributed by atoms with Crippen LogP contribution in [-0.2, 0) is 6.54 Å². The second kappa shape index (κ2) is 9.72. The van der Waals surface area contributed by atoms with Crippen molar-refractivity contribution in [3.63, 3.8) is 0 Å². The first-order valence-corrected chi connectivity index (χ1v) is 12.0. The fraction of sp³-hybridized carbons (Fsp3) is 0.200. The molecule has 0 aliphatic rings. The molecular formula is C25H24N4O2S2. The zero-order chi connectivity index (χ0) is 23.5. The molecule has 0 radical (unpaired) electrons. The maximum atomic E-state index is 13.0. The van der Waals surface area contributed by atoms with Crippen molar-refractivity contribution in [2.24, 2.45) is 0 Å². The number of benzene rings is 2. The van der Waals surface area contributed by atoms with E-state index < -0.39 is 0 Å². The van der Waals surface area contributed by atoms with E-state index in [1.54, 1.807) is 43.9 Å². The third-order valence-electron chi connectivity index (χ3n) is 5.33. The molecule has 6 nitrogen and oxygen atoms in total. The molecule has 8 heteroatoms. The van der Waals surface area contributed by atoms with Gasteiger partial charge in [-0.15, -0.1) is 11.3 Å². The summed E-state index contributed by atoms with van der Waals surface area (Å²) in [6, 6.07) is 14.8. The predicted molar refractivity (Wildman–Crippen MR) is 133 cm³/mol. The van der Waals surface area contributed by atoms with Gasteiger partial charge in [-0.05, 0) is 49.2 Å². The van der Waals surface area contributed by atoms with Crippen molar-refractivity contribution in [2.45, 2.75) is 30.3 Å². The molecule has 2 amide bonds. The van der Waals surface area contributed by atoms with Gasteiger partial charge in [-0.2, -0.15) is 0 Å². The van der Waals surface area contributed by atoms with Crippen LogP contribution in [0.15, 0.2) is 64.8 Å². The van der Waals surface area contributed by atoms with E-state index in [0.717, 1.165) is 25.7 Å². The zero-order valence-corrected chi connectivity index (χ0v) is 20.5. The third-order valence-corrected chi connectivity index (χ3v) is 7.52. The van der Waals surface area contributed by atoms with Crippen LogP contribution >= 0.6 is 23.1 Å². The minimum absolute atomic E-state index is 0.0496. The molecule has 2 aromatic carbocycles. The first-order chi connectivity index (χ1) is 15.8. The van der Waals surface area contributed by atoms with E-state index in [4.69, 9.17) is 0 Å². The Kier molecular flexibility index (Phi) is 6.76. The summed E-state index contributed by atoms with van der Waals surface area (Å²) in [7, 11) is 3.44. The summed E-state index contributed by atoms with van der Waals surface area (Å²) in [5.41, 5.74) is 3.31. The zero-order valence-electron chi connectivity index (χ0n) is 18.9. The van der Waals surface area contributed by atoms with E-state index in [1.165, 1.54) is 27.1 Å². The lowest BCUT2D eigenvalue weighted by Gasteiger charge is -2.12. The molecule has 0 spiro atoms. The van der Waals surface area contributed by atoms with Gasteiger partial charge in [0.05, 0.1) is 5.56 Å². The van der Waals surface area contributed by atoms with Gasteiger partial charge in [0.25, 0.3) is 11.8 Å². The van der Waals surface area contributed by atoms with E-state index in [-0.39, 0.29) is 11.8 Å². The molecule has 2 aromatic heterocycles. The largest absolute Gasteiger partial charge is 0.348 e. The highest BCUT2D eigenvalue weighted by molar-refractivity contribution is 7.99. The Labute approximate surface area is 201 Å². The maximum absolute atomic E-state index is 13.0. The van der Waals surface area contributed by atoms with Crippen LogP contribution in [0.25, 0.3) is 10.2 Å². The average molecular weight is 477 g/mol. The lowest BCUT2D eigenvalue weighted by Crippen LogP contribution is -2.24. The van der Waals surface area contributed by atoms with Crippen molar-refractivity contribution < 1.29 is 9.59 Å². The molecule has 0 atom stereocenters. The number of hydrogen-bond donors (Lipinski definition) is 1. The minimum atomic E-state index is -0.157. The Morgan fingerprint density at radius 1 is 1.03 bits per heavy atom. The van der Waals surface area contributed by atoms with E-state index in [2.05, 4.69) is 29.1 Å². The monoisotopic (exact) mass is 476 g/mol. The second-order valence-corrected chi connectivity index (χ2v) is 10.1. The molecule has 0 unspecified atom stereocenters. The fourth-order valence-corrected chi connectivity index (χ4v) is 5.51. The highest BCUT2D eigenvalue weighted by Crippen LogP contribution is 2.38. The maximum Gasteiger partial charge on any atom is 0.253 e. The van der Waals surface area contributed by atoms with Crippen LogP contribution in [-0.4, -0.2) is 40.8 Å². The standard InChI is InChI=1S/C25H24N4O2S2/c1-15-16(2)32-23-21(15)24(28-14-27-23)33-20-8-6-5-7-19(20)22(30)26-13-17-9-11-18(12-10-17)25(31)29(3)4/h5-12,14H,13H2,1-4H3,(H,26,30). The van der Waals surface area contributed by atoms with Crippen molar-refractivity contribution in [1.29, 1.82) is 0 Å². The quantitative estimate of drug-likeness (QED) is 0.392. The summed E-state index contributed by atoms with van der Waals surface area (Å²) >= 11 is 3.14. The highest BCUT2D eigenvalue weighted by atomic mass is 32.2. The van der Waals surface area contributed by atoms with E-state index in [9.17, 15) is 9.59 Å². The number of hydrogen-bond acceptors (Lipinski definition) is 6. The molecule has 1 N–H and O–H groups in total. The number of fused-ring (bicyclic) bond motifs is 1. The number of amides is 2. The SMILES string of the molecule is Cc1sc2ncnc(Sc3ccccc3C(=O)NCc3ccc(C(=O)N(C)C)cc3)c2c1C. The normalized spacial score (nSPS) is 10.9. The van der Waals surface area contributed by atoms with Crippen LogP contribution in [0.2, 0.25) is 0 Å². The molecule has 0 saturated carbocycles. The molecule has 168 valence electrons. The Morgan fingerprint density at radius 3 is 2.48 bits per heavy atom. The predicted octanol–water partition coefficient (Wildman–Crippen LogP) is 5.09. The number of carbonyl (C=O) groups is 2. The number of rotatable bonds is 6. The Hall–Kier alpha value is -3.23. The molecule has 0 saturated heterocycles. The fourth-order valence-electron chi connectivity index (χ4n) is 3.38. The van der Waals surface area contributed by atoms with Crippen LogP contribution in [0.4, 0.5) is 0 Å². The van der Waals surface area contributed by atoms with Crippen LogP contribution in [0, 0.1) is 13.8 Å². The lowest BCUT2D eigenvalue weighted by atomic mass is 10.1. The smallest absolute Gasteiger partial charge is 0.253 e. The van der Waals surface area contributed by atoms with Gasteiger partial charge in [-0.1, -0.05) is 36.0 Å². The van der Waals surface area contributed by atoms with Gasteiger partial charge in [0, 0.05) is 41.4 Å². The molecule has 2 heterocycles. The van der Waals surface area contributed by atoms with Crippen molar-refractivity contribution >= 4 is 45.1 Å². The van der Waals surface area contributed by atoms with Crippen LogP contribution in [0.5, 0.6) is 0 Å². The summed E-state index contributed by atoms with van der Waals surface area (Å²) in [6.07, 6.45) is 1.58. The van der Waals surface area contributed by atoms with E-state index >= 15 is 0 Å². The third kappa shape index (κ3) is 4.91. The molecule has 0 aliphatic heterocycles.